The number of likely N-dealkylation sites (tertiary alicyclic amines) is 1. The monoisotopic (exact) mass is 291 g/mol. The van der Waals surface area contributed by atoms with E-state index in [0.29, 0.717) is 0 Å². The predicted molar refractivity (Wildman–Crippen MR) is 81.0 cm³/mol. The lowest BCUT2D eigenvalue weighted by Crippen LogP contribution is -2.37. The molecular weight excluding hydrogens is 269 g/mol. The Hall–Kier alpha value is -0.350. The Morgan fingerprint density at radius 2 is 2.28 bits per heavy atom. The van der Waals surface area contributed by atoms with Crippen LogP contribution in [-0.2, 0) is 6.42 Å². The quantitative estimate of drug-likeness (QED) is 0.901. The highest BCUT2D eigenvalue weighted by Crippen LogP contribution is 2.16. The topological polar surface area (TPSA) is 28.2 Å². The Morgan fingerprint density at radius 3 is 2.94 bits per heavy atom. The minimum atomic E-state index is 0. The molecule has 1 aromatic heterocycles. The Labute approximate surface area is 122 Å². The van der Waals surface area contributed by atoms with Gasteiger partial charge in [0.2, 0.25) is 0 Å². The molecule has 2 rings (SSSR count). The van der Waals surface area contributed by atoms with E-state index in [4.69, 9.17) is 0 Å². The van der Waals surface area contributed by atoms with Crippen LogP contribution in [0, 0.1) is 0 Å². The lowest BCUT2D eigenvalue weighted by Gasteiger charge is -2.24. The van der Waals surface area contributed by atoms with E-state index in [-0.39, 0.29) is 24.8 Å². The third kappa shape index (κ3) is 5.11. The summed E-state index contributed by atoms with van der Waals surface area (Å²) in [5, 5.41) is 3.28. The van der Waals surface area contributed by atoms with E-state index in [0.717, 1.165) is 25.6 Å². The molecule has 1 aromatic rings. The number of nitrogens with zero attached hydrogens (tertiary/aromatic N) is 2. The maximum Gasteiger partial charge on any atom is 0.0300 e. The third-order valence-corrected chi connectivity index (χ3v) is 3.35. The van der Waals surface area contributed by atoms with Crippen LogP contribution in [0.15, 0.2) is 24.5 Å². The summed E-state index contributed by atoms with van der Waals surface area (Å²) in [6.45, 7) is 3.54. The number of halogens is 2. The minimum Gasteiger partial charge on any atom is -0.318 e. The van der Waals surface area contributed by atoms with Crippen molar-refractivity contribution < 1.29 is 0 Å². The van der Waals surface area contributed by atoms with E-state index >= 15 is 0 Å². The highest BCUT2D eigenvalue weighted by Gasteiger charge is 2.22. The molecule has 2 heterocycles. The van der Waals surface area contributed by atoms with Crippen LogP contribution < -0.4 is 5.32 Å². The van der Waals surface area contributed by atoms with Crippen LogP contribution in [0.2, 0.25) is 0 Å². The van der Waals surface area contributed by atoms with Gasteiger partial charge in [-0.25, -0.2) is 0 Å². The molecule has 0 amide bonds. The van der Waals surface area contributed by atoms with Gasteiger partial charge >= 0.3 is 0 Å². The molecule has 0 aliphatic carbocycles. The summed E-state index contributed by atoms with van der Waals surface area (Å²) in [7, 11) is 2.04. The Kier molecular flexibility index (Phi) is 9.38. The summed E-state index contributed by atoms with van der Waals surface area (Å²) in [5.74, 6) is 0. The summed E-state index contributed by atoms with van der Waals surface area (Å²) in [6, 6.07) is 4.92. The molecule has 18 heavy (non-hydrogen) atoms. The second kappa shape index (κ2) is 9.56. The second-order valence-corrected chi connectivity index (χ2v) is 4.50. The smallest absolute Gasteiger partial charge is 0.0300 e. The van der Waals surface area contributed by atoms with Crippen molar-refractivity contribution in [2.45, 2.75) is 25.3 Å². The van der Waals surface area contributed by atoms with Crippen molar-refractivity contribution in [2.24, 2.45) is 0 Å². The zero-order valence-corrected chi connectivity index (χ0v) is 12.5. The molecule has 1 aliphatic rings. The standard InChI is InChI=1S/C13H21N3.2ClH/c1-14-11-13-5-3-8-16(13)9-6-12-4-2-7-15-10-12;;/h2,4,7,10,13-14H,3,5-6,8-9,11H2,1H3;2*1H. The molecular formula is C13H23Cl2N3. The number of rotatable bonds is 5. The van der Waals surface area contributed by atoms with Gasteiger partial charge in [-0.15, -0.1) is 24.8 Å². The van der Waals surface area contributed by atoms with Crippen LogP contribution in [0.3, 0.4) is 0 Å². The van der Waals surface area contributed by atoms with Crippen molar-refractivity contribution in [3.05, 3.63) is 30.1 Å². The molecule has 1 atom stereocenters. The zero-order chi connectivity index (χ0) is 11.2. The Bertz CT molecular complexity index is 308. The van der Waals surface area contributed by atoms with Gasteiger partial charge in [0.1, 0.15) is 0 Å². The molecule has 0 aromatic carbocycles. The van der Waals surface area contributed by atoms with Crippen molar-refractivity contribution >= 4 is 24.8 Å². The van der Waals surface area contributed by atoms with Crippen molar-refractivity contribution in [3.8, 4) is 0 Å². The average Bonchev–Trinajstić information content (AvgIpc) is 2.76. The largest absolute Gasteiger partial charge is 0.318 e. The molecule has 1 N–H and O–H groups in total. The fourth-order valence-electron chi connectivity index (χ4n) is 2.48. The molecule has 1 aliphatic heterocycles. The zero-order valence-electron chi connectivity index (χ0n) is 10.8. The minimum absolute atomic E-state index is 0. The van der Waals surface area contributed by atoms with E-state index in [2.05, 4.69) is 21.3 Å². The lowest BCUT2D eigenvalue weighted by molar-refractivity contribution is 0.253. The van der Waals surface area contributed by atoms with E-state index in [1.165, 1.54) is 24.9 Å². The lowest BCUT2D eigenvalue weighted by atomic mass is 10.2. The van der Waals surface area contributed by atoms with Crippen LogP contribution >= 0.6 is 24.8 Å². The maximum absolute atomic E-state index is 4.15. The number of likely N-dealkylation sites (N-methyl/N-ethyl adjacent to an activating group) is 1. The molecule has 1 fully saturated rings. The number of nitrogens with one attached hydrogen (secondary N) is 1. The van der Waals surface area contributed by atoms with Gasteiger partial charge in [0.05, 0.1) is 0 Å². The molecule has 1 unspecified atom stereocenters. The molecule has 0 radical (unpaired) electrons. The molecule has 1 saturated heterocycles. The molecule has 0 saturated carbocycles. The van der Waals surface area contributed by atoms with Crippen LogP contribution in [-0.4, -0.2) is 42.6 Å². The van der Waals surface area contributed by atoms with Gasteiger partial charge in [-0.2, -0.15) is 0 Å². The van der Waals surface area contributed by atoms with Crippen LogP contribution in [0.25, 0.3) is 0 Å². The number of pyridine rings is 1. The molecule has 5 heteroatoms. The van der Waals surface area contributed by atoms with E-state index in [1.807, 2.05) is 25.5 Å². The van der Waals surface area contributed by atoms with Gasteiger partial charge in [0.25, 0.3) is 0 Å². The SMILES string of the molecule is CNCC1CCCN1CCc1cccnc1.Cl.Cl. The number of hydrogen-bond acceptors (Lipinski definition) is 3. The molecule has 0 bridgehead atoms. The summed E-state index contributed by atoms with van der Waals surface area (Å²) >= 11 is 0. The highest BCUT2D eigenvalue weighted by atomic mass is 35.5. The van der Waals surface area contributed by atoms with Crippen LogP contribution in [0.4, 0.5) is 0 Å². The van der Waals surface area contributed by atoms with Gasteiger partial charge in [-0.05, 0) is 44.5 Å². The summed E-state index contributed by atoms with van der Waals surface area (Å²) in [5.41, 5.74) is 1.35. The first-order valence-corrected chi connectivity index (χ1v) is 6.17. The molecule has 104 valence electrons. The van der Waals surface area contributed by atoms with E-state index in [1.54, 1.807) is 0 Å². The van der Waals surface area contributed by atoms with Gasteiger partial charge in [-0.1, -0.05) is 6.07 Å². The average molecular weight is 292 g/mol. The van der Waals surface area contributed by atoms with Gasteiger partial charge in [0.15, 0.2) is 0 Å². The summed E-state index contributed by atoms with van der Waals surface area (Å²) in [6.07, 6.45) is 7.62. The molecule has 0 spiro atoms. The highest BCUT2D eigenvalue weighted by molar-refractivity contribution is 5.85. The van der Waals surface area contributed by atoms with Crippen LogP contribution in [0.1, 0.15) is 18.4 Å². The van der Waals surface area contributed by atoms with Gasteiger partial charge < -0.3 is 5.32 Å². The first-order valence-electron chi connectivity index (χ1n) is 6.17. The van der Waals surface area contributed by atoms with Crippen molar-refractivity contribution in [1.29, 1.82) is 0 Å². The second-order valence-electron chi connectivity index (χ2n) is 4.50. The number of aromatic nitrogens is 1. The van der Waals surface area contributed by atoms with Gasteiger partial charge in [0, 0.05) is 31.5 Å². The van der Waals surface area contributed by atoms with Crippen molar-refractivity contribution in [2.75, 3.05) is 26.7 Å². The fraction of sp³-hybridized carbons (Fsp3) is 0.615. The Balaban J connectivity index is 0.00000144. The molecule has 3 nitrogen and oxygen atoms in total. The van der Waals surface area contributed by atoms with E-state index in [9.17, 15) is 0 Å². The van der Waals surface area contributed by atoms with Crippen molar-refractivity contribution in [1.82, 2.24) is 15.2 Å². The normalized spacial score (nSPS) is 19.1. The fourth-order valence-corrected chi connectivity index (χ4v) is 2.48. The summed E-state index contributed by atoms with van der Waals surface area (Å²) < 4.78 is 0. The Morgan fingerprint density at radius 1 is 1.44 bits per heavy atom. The first-order chi connectivity index (χ1) is 7.90. The van der Waals surface area contributed by atoms with Crippen LogP contribution in [0.5, 0.6) is 0 Å². The van der Waals surface area contributed by atoms with Gasteiger partial charge in [-0.3, -0.25) is 9.88 Å². The predicted octanol–water partition coefficient (Wildman–Crippen LogP) is 2.15. The maximum atomic E-state index is 4.15. The number of hydrogen-bond donors (Lipinski definition) is 1. The first kappa shape index (κ1) is 17.6. The van der Waals surface area contributed by atoms with E-state index < -0.39 is 0 Å². The van der Waals surface area contributed by atoms with Crippen molar-refractivity contribution in [3.63, 3.8) is 0 Å². The third-order valence-electron chi connectivity index (χ3n) is 3.35. The summed E-state index contributed by atoms with van der Waals surface area (Å²) in [4.78, 5) is 6.76.